The number of alkyl halides is 6. The average molecular weight is 468 g/mol. The lowest BCUT2D eigenvalue weighted by atomic mass is 10.3. The van der Waals surface area contributed by atoms with E-state index >= 15 is 0 Å². The molecule has 168 valence electrons. The van der Waals surface area contributed by atoms with Gasteiger partial charge in [0.15, 0.2) is 15.7 Å². The molecule has 31 heavy (non-hydrogen) atoms. The molecule has 0 spiro atoms. The number of nitrogens with zero attached hydrogens (tertiary/aromatic N) is 4. The Kier molecular flexibility index (Phi) is 5.40. The molecule has 0 N–H and O–H groups in total. The van der Waals surface area contributed by atoms with Crippen LogP contribution in [0.25, 0.3) is 22.6 Å². The first-order chi connectivity index (χ1) is 14.2. The van der Waals surface area contributed by atoms with Crippen LogP contribution in [0, 0.1) is 0 Å². The zero-order chi connectivity index (χ0) is 23.4. The number of rotatable bonds is 4. The maximum atomic E-state index is 13.4. The fourth-order valence-corrected chi connectivity index (χ4v) is 4.10. The van der Waals surface area contributed by atoms with E-state index in [1.165, 1.54) is 32.3 Å². The van der Waals surface area contributed by atoms with E-state index in [2.05, 4.69) is 9.97 Å². The summed E-state index contributed by atoms with van der Waals surface area (Å²) in [5.41, 5.74) is -4.73. The molecule has 0 saturated heterocycles. The maximum Gasteiger partial charge on any atom is 0.431 e. The van der Waals surface area contributed by atoms with Crippen LogP contribution in [0.5, 0.6) is 0 Å². The fraction of sp³-hybridized carbons (Fsp3) is 0.353. The van der Waals surface area contributed by atoms with Gasteiger partial charge in [-0.1, -0.05) is 6.92 Å². The first kappa shape index (κ1) is 22.8. The van der Waals surface area contributed by atoms with Crippen LogP contribution >= 0.6 is 0 Å². The molecule has 7 nitrogen and oxygen atoms in total. The fourth-order valence-electron chi connectivity index (χ4n) is 3.07. The van der Waals surface area contributed by atoms with Gasteiger partial charge in [-0.3, -0.25) is 14.3 Å². The Morgan fingerprint density at radius 3 is 2.32 bits per heavy atom. The molecule has 0 atom stereocenters. The molecule has 0 radical (unpaired) electrons. The summed E-state index contributed by atoms with van der Waals surface area (Å²) in [6.07, 6.45) is -9.15. The highest BCUT2D eigenvalue weighted by molar-refractivity contribution is 7.91. The smallest absolute Gasteiger partial charge is 0.321 e. The van der Waals surface area contributed by atoms with Gasteiger partial charge in [-0.25, -0.2) is 13.4 Å². The van der Waals surface area contributed by atoms with Crippen LogP contribution in [0.1, 0.15) is 12.6 Å². The van der Waals surface area contributed by atoms with Gasteiger partial charge in [0.1, 0.15) is 23.4 Å². The molecule has 0 aliphatic carbocycles. The quantitative estimate of drug-likeness (QED) is 0.549. The summed E-state index contributed by atoms with van der Waals surface area (Å²) in [6.45, 7) is -0.789. The number of sulfone groups is 1. The van der Waals surface area contributed by atoms with Crippen LogP contribution in [0.3, 0.4) is 0 Å². The van der Waals surface area contributed by atoms with Crippen LogP contribution in [-0.4, -0.2) is 39.4 Å². The maximum absolute atomic E-state index is 13.4. The van der Waals surface area contributed by atoms with E-state index in [0.717, 1.165) is 4.57 Å². The van der Waals surface area contributed by atoms with Gasteiger partial charge in [-0.2, -0.15) is 26.3 Å². The van der Waals surface area contributed by atoms with E-state index in [1.54, 1.807) is 0 Å². The highest BCUT2D eigenvalue weighted by Crippen LogP contribution is 2.33. The summed E-state index contributed by atoms with van der Waals surface area (Å²) in [4.78, 5) is 20.2. The van der Waals surface area contributed by atoms with Crippen LogP contribution in [-0.2, 0) is 29.6 Å². The molecule has 0 fully saturated rings. The number of pyridine rings is 2. The summed E-state index contributed by atoms with van der Waals surface area (Å²) >= 11 is 0. The van der Waals surface area contributed by atoms with Crippen LogP contribution in [0.4, 0.5) is 26.3 Å². The molecule has 3 rings (SSSR count). The van der Waals surface area contributed by atoms with Crippen LogP contribution in [0.15, 0.2) is 34.1 Å². The number of aromatic nitrogens is 4. The van der Waals surface area contributed by atoms with E-state index in [9.17, 15) is 39.6 Å². The van der Waals surface area contributed by atoms with Gasteiger partial charge in [0, 0.05) is 13.2 Å². The van der Waals surface area contributed by atoms with Crippen molar-refractivity contribution in [2.45, 2.75) is 30.7 Å². The van der Waals surface area contributed by atoms with E-state index in [0.29, 0.717) is 6.07 Å². The Hall–Kier alpha value is -2.90. The largest absolute Gasteiger partial charge is 0.431 e. The number of hydrogen-bond acceptors (Lipinski definition) is 5. The second-order valence-electron chi connectivity index (χ2n) is 6.52. The van der Waals surface area contributed by atoms with Crippen molar-refractivity contribution in [1.29, 1.82) is 0 Å². The Labute approximate surface area is 170 Å². The van der Waals surface area contributed by atoms with Crippen molar-refractivity contribution >= 4 is 20.9 Å². The monoisotopic (exact) mass is 468 g/mol. The zero-order valence-electron chi connectivity index (χ0n) is 15.9. The van der Waals surface area contributed by atoms with E-state index in [1.807, 2.05) is 0 Å². The minimum absolute atomic E-state index is 0.238. The van der Waals surface area contributed by atoms with Crippen LogP contribution < -0.4 is 5.56 Å². The highest BCUT2D eigenvalue weighted by Gasteiger charge is 2.40. The van der Waals surface area contributed by atoms with Crippen molar-refractivity contribution in [3.05, 3.63) is 40.4 Å². The summed E-state index contributed by atoms with van der Waals surface area (Å²) in [7, 11) is -2.66. The molecule has 0 aliphatic rings. The number of imidazole rings is 1. The van der Waals surface area contributed by atoms with E-state index in [-0.39, 0.29) is 22.2 Å². The minimum Gasteiger partial charge on any atom is -0.321 e. The third-order valence-electron chi connectivity index (χ3n) is 4.46. The Balaban J connectivity index is 2.40. The molecule has 3 heterocycles. The Bertz CT molecular complexity index is 1320. The first-order valence-corrected chi connectivity index (χ1v) is 10.2. The number of aryl methyl sites for hydroxylation is 1. The summed E-state index contributed by atoms with van der Waals surface area (Å²) in [5, 5.41) is 0. The molecule has 14 heteroatoms. The van der Waals surface area contributed by atoms with Gasteiger partial charge < -0.3 is 4.57 Å². The van der Waals surface area contributed by atoms with E-state index in [4.69, 9.17) is 0 Å². The van der Waals surface area contributed by atoms with Gasteiger partial charge in [0.05, 0.1) is 16.2 Å². The molecule has 0 bridgehead atoms. The predicted molar refractivity (Wildman–Crippen MR) is 97.0 cm³/mol. The molecule has 0 saturated carbocycles. The standard InChI is InChI=1S/C17H14F6N4O3S/c1-3-31(29,30)10-5-4-6-24-12(10)14-25-9-7-11(17(21,22)23)27(8-16(18,19)20)15(28)13(9)26(14)2/h4-7H,3,8H2,1-2H3. The third kappa shape index (κ3) is 4.16. The first-order valence-electron chi connectivity index (χ1n) is 8.59. The van der Waals surface area contributed by atoms with Gasteiger partial charge in [-0.05, 0) is 18.2 Å². The molecule has 0 unspecified atom stereocenters. The molecule has 3 aromatic heterocycles. The van der Waals surface area contributed by atoms with Crippen molar-refractivity contribution < 1.29 is 34.8 Å². The summed E-state index contributed by atoms with van der Waals surface area (Å²) < 4.78 is 104. The highest BCUT2D eigenvalue weighted by atomic mass is 32.2. The van der Waals surface area contributed by atoms with Crippen molar-refractivity contribution in [3.8, 4) is 11.5 Å². The topological polar surface area (TPSA) is 86.8 Å². The second-order valence-corrected chi connectivity index (χ2v) is 8.76. The number of hydrogen-bond donors (Lipinski definition) is 0. The summed E-state index contributed by atoms with van der Waals surface area (Å²) in [5.74, 6) is -0.593. The summed E-state index contributed by atoms with van der Waals surface area (Å²) in [6, 6.07) is 2.86. The van der Waals surface area contributed by atoms with Gasteiger partial charge in [0.2, 0.25) is 0 Å². The average Bonchev–Trinajstić information content (AvgIpc) is 2.98. The molecular weight excluding hydrogens is 454 g/mol. The van der Waals surface area contributed by atoms with Gasteiger partial charge in [-0.15, -0.1) is 0 Å². The predicted octanol–water partition coefficient (Wildman–Crippen LogP) is 3.17. The second kappa shape index (κ2) is 7.35. The molecular formula is C17H14F6N4O3S. The SMILES string of the molecule is CCS(=O)(=O)c1cccnc1-c1nc2cc(C(F)(F)F)n(CC(F)(F)F)c(=O)c2n1C. The zero-order valence-corrected chi connectivity index (χ0v) is 16.7. The van der Waals surface area contributed by atoms with Gasteiger partial charge >= 0.3 is 12.4 Å². The van der Waals surface area contributed by atoms with Crippen molar-refractivity contribution in [2.24, 2.45) is 7.05 Å². The minimum atomic E-state index is -5.27. The third-order valence-corrected chi connectivity index (χ3v) is 6.22. The number of halogens is 6. The Morgan fingerprint density at radius 1 is 1.13 bits per heavy atom. The Morgan fingerprint density at radius 2 is 1.77 bits per heavy atom. The lowest BCUT2D eigenvalue weighted by Gasteiger charge is -2.17. The molecule has 0 aromatic carbocycles. The van der Waals surface area contributed by atoms with E-state index < -0.39 is 55.6 Å². The molecule has 3 aromatic rings. The molecule has 0 aliphatic heterocycles. The molecule has 0 amide bonds. The lowest BCUT2D eigenvalue weighted by molar-refractivity contribution is -0.159. The lowest BCUT2D eigenvalue weighted by Crippen LogP contribution is -2.34. The van der Waals surface area contributed by atoms with Crippen molar-refractivity contribution in [2.75, 3.05) is 5.75 Å². The van der Waals surface area contributed by atoms with Crippen molar-refractivity contribution in [1.82, 2.24) is 19.1 Å². The number of fused-ring (bicyclic) bond motifs is 1. The van der Waals surface area contributed by atoms with Crippen LogP contribution in [0.2, 0.25) is 0 Å². The van der Waals surface area contributed by atoms with Gasteiger partial charge in [0.25, 0.3) is 5.56 Å². The normalized spacial score (nSPS) is 13.2. The van der Waals surface area contributed by atoms with Crippen molar-refractivity contribution in [3.63, 3.8) is 0 Å².